The van der Waals surface area contributed by atoms with E-state index in [0.717, 1.165) is 19.6 Å². The van der Waals surface area contributed by atoms with Crippen LogP contribution in [0.1, 0.15) is 40.0 Å². The average Bonchev–Trinajstić information content (AvgIpc) is 2.72. The van der Waals surface area contributed by atoms with Crippen LogP contribution in [0.2, 0.25) is 0 Å². The molecule has 0 spiro atoms. The number of rotatable bonds is 7. The van der Waals surface area contributed by atoms with Crippen molar-refractivity contribution in [2.24, 2.45) is 0 Å². The molecule has 1 rings (SSSR count). The van der Waals surface area contributed by atoms with Crippen molar-refractivity contribution in [2.45, 2.75) is 58.3 Å². The van der Waals surface area contributed by atoms with Crippen LogP contribution in [0.3, 0.4) is 0 Å². The van der Waals surface area contributed by atoms with Crippen molar-refractivity contribution in [3.05, 3.63) is 0 Å². The smallest absolute Gasteiger partial charge is 0.0707 e. The van der Waals surface area contributed by atoms with Crippen molar-refractivity contribution in [3.8, 4) is 0 Å². The molecule has 1 heterocycles. The van der Waals surface area contributed by atoms with Crippen LogP contribution in [0.4, 0.5) is 0 Å². The number of likely N-dealkylation sites (N-methyl/N-ethyl adjacent to an activating group) is 2. The molecule has 3 unspecified atom stereocenters. The third kappa shape index (κ3) is 4.40. The largest absolute Gasteiger partial charge is 0.372 e. The van der Waals surface area contributed by atoms with Gasteiger partial charge in [-0.1, -0.05) is 13.8 Å². The summed E-state index contributed by atoms with van der Waals surface area (Å²) in [6.45, 7) is 9.80. The van der Waals surface area contributed by atoms with Crippen LogP contribution in [0.15, 0.2) is 0 Å². The van der Waals surface area contributed by atoms with Crippen LogP contribution in [-0.4, -0.2) is 49.8 Å². The molecule has 3 atom stereocenters. The summed E-state index contributed by atoms with van der Waals surface area (Å²) in [5.41, 5.74) is 0. The normalized spacial score (nSPS) is 27.6. The standard InChI is InChI=1S/C13H28N2O/c1-5-11(3)15(4)10-13-8-7-12(16-13)9-14-6-2/h11-14H,5-10H2,1-4H3. The molecule has 0 amide bonds. The highest BCUT2D eigenvalue weighted by atomic mass is 16.5. The molecular weight excluding hydrogens is 200 g/mol. The van der Waals surface area contributed by atoms with Gasteiger partial charge >= 0.3 is 0 Å². The summed E-state index contributed by atoms with van der Waals surface area (Å²) in [5, 5.41) is 3.36. The van der Waals surface area contributed by atoms with E-state index in [0.29, 0.717) is 18.2 Å². The monoisotopic (exact) mass is 228 g/mol. The second-order valence-corrected chi connectivity index (χ2v) is 4.96. The maximum atomic E-state index is 6.02. The van der Waals surface area contributed by atoms with Crippen LogP contribution in [0.25, 0.3) is 0 Å². The molecule has 0 aromatic rings. The molecule has 0 radical (unpaired) electrons. The molecule has 1 aliphatic heterocycles. The van der Waals surface area contributed by atoms with Crippen LogP contribution < -0.4 is 5.32 Å². The van der Waals surface area contributed by atoms with E-state index in [9.17, 15) is 0 Å². The van der Waals surface area contributed by atoms with Crippen LogP contribution in [0.5, 0.6) is 0 Å². The minimum Gasteiger partial charge on any atom is -0.372 e. The van der Waals surface area contributed by atoms with Gasteiger partial charge in [-0.15, -0.1) is 0 Å². The third-order valence-electron chi connectivity index (χ3n) is 3.65. The maximum absolute atomic E-state index is 6.02. The van der Waals surface area contributed by atoms with Gasteiger partial charge < -0.3 is 15.0 Å². The Labute approximate surface area is 101 Å². The van der Waals surface area contributed by atoms with Gasteiger partial charge in [0.1, 0.15) is 0 Å². The number of hydrogen-bond donors (Lipinski definition) is 1. The number of ether oxygens (including phenoxy) is 1. The number of nitrogens with zero attached hydrogens (tertiary/aromatic N) is 1. The van der Waals surface area contributed by atoms with Gasteiger partial charge in [-0.3, -0.25) is 0 Å². The SMILES string of the molecule is CCNCC1CCC(CN(C)C(C)CC)O1. The molecule has 0 bridgehead atoms. The van der Waals surface area contributed by atoms with E-state index in [-0.39, 0.29) is 0 Å². The second kappa shape index (κ2) is 7.25. The van der Waals surface area contributed by atoms with Gasteiger partial charge in [0.2, 0.25) is 0 Å². The molecule has 1 saturated heterocycles. The van der Waals surface area contributed by atoms with E-state index in [1.165, 1.54) is 19.3 Å². The highest BCUT2D eigenvalue weighted by Gasteiger charge is 2.26. The average molecular weight is 228 g/mol. The summed E-state index contributed by atoms with van der Waals surface area (Å²) in [6.07, 6.45) is 4.53. The Morgan fingerprint density at radius 1 is 1.31 bits per heavy atom. The van der Waals surface area contributed by atoms with E-state index in [2.05, 4.69) is 38.0 Å². The maximum Gasteiger partial charge on any atom is 0.0707 e. The van der Waals surface area contributed by atoms with E-state index >= 15 is 0 Å². The molecule has 0 aliphatic carbocycles. The molecule has 3 nitrogen and oxygen atoms in total. The highest BCUT2D eigenvalue weighted by Crippen LogP contribution is 2.20. The summed E-state index contributed by atoms with van der Waals surface area (Å²) in [4.78, 5) is 2.42. The lowest BCUT2D eigenvalue weighted by Crippen LogP contribution is -2.36. The fourth-order valence-corrected chi connectivity index (χ4v) is 2.18. The van der Waals surface area contributed by atoms with Gasteiger partial charge in [0.05, 0.1) is 12.2 Å². The topological polar surface area (TPSA) is 24.5 Å². The van der Waals surface area contributed by atoms with E-state index in [4.69, 9.17) is 4.74 Å². The molecule has 1 aliphatic rings. The Balaban J connectivity index is 2.20. The minimum absolute atomic E-state index is 0.440. The molecule has 16 heavy (non-hydrogen) atoms. The minimum atomic E-state index is 0.440. The second-order valence-electron chi connectivity index (χ2n) is 4.96. The number of nitrogens with one attached hydrogen (secondary N) is 1. The lowest BCUT2D eigenvalue weighted by molar-refractivity contribution is 0.0218. The van der Waals surface area contributed by atoms with Gasteiger partial charge in [0.15, 0.2) is 0 Å². The first kappa shape index (κ1) is 13.9. The van der Waals surface area contributed by atoms with Gasteiger partial charge in [-0.05, 0) is 39.8 Å². The first-order valence-corrected chi connectivity index (χ1v) is 6.73. The summed E-state index contributed by atoms with van der Waals surface area (Å²) in [6, 6.07) is 0.663. The highest BCUT2D eigenvalue weighted by molar-refractivity contribution is 4.78. The van der Waals surface area contributed by atoms with E-state index < -0.39 is 0 Å². The van der Waals surface area contributed by atoms with Gasteiger partial charge in [0.25, 0.3) is 0 Å². The fourth-order valence-electron chi connectivity index (χ4n) is 2.18. The quantitative estimate of drug-likeness (QED) is 0.720. The van der Waals surface area contributed by atoms with Crippen molar-refractivity contribution in [3.63, 3.8) is 0 Å². The molecule has 3 heteroatoms. The molecule has 96 valence electrons. The first-order valence-electron chi connectivity index (χ1n) is 6.73. The van der Waals surface area contributed by atoms with Crippen molar-refractivity contribution < 1.29 is 4.74 Å². The molecule has 0 aromatic heterocycles. The molecular formula is C13H28N2O. The Bertz CT molecular complexity index is 187. The van der Waals surface area contributed by atoms with Crippen molar-refractivity contribution in [1.82, 2.24) is 10.2 Å². The zero-order valence-corrected chi connectivity index (χ0v) is 11.3. The van der Waals surface area contributed by atoms with E-state index in [1.807, 2.05) is 0 Å². The Hall–Kier alpha value is -0.120. The third-order valence-corrected chi connectivity index (χ3v) is 3.65. The summed E-state index contributed by atoms with van der Waals surface area (Å²) in [7, 11) is 2.20. The summed E-state index contributed by atoms with van der Waals surface area (Å²) >= 11 is 0. The van der Waals surface area contributed by atoms with Crippen molar-refractivity contribution in [2.75, 3.05) is 26.7 Å². The summed E-state index contributed by atoms with van der Waals surface area (Å²) < 4.78 is 6.02. The molecule has 0 saturated carbocycles. The Morgan fingerprint density at radius 2 is 2.00 bits per heavy atom. The zero-order chi connectivity index (χ0) is 12.0. The zero-order valence-electron chi connectivity index (χ0n) is 11.3. The molecule has 1 fully saturated rings. The molecule has 0 aromatic carbocycles. The van der Waals surface area contributed by atoms with Crippen LogP contribution in [-0.2, 0) is 4.74 Å². The first-order chi connectivity index (χ1) is 7.67. The summed E-state index contributed by atoms with van der Waals surface area (Å²) in [5.74, 6) is 0. The van der Waals surface area contributed by atoms with Crippen LogP contribution in [0, 0.1) is 0 Å². The van der Waals surface area contributed by atoms with Crippen molar-refractivity contribution in [1.29, 1.82) is 0 Å². The van der Waals surface area contributed by atoms with E-state index in [1.54, 1.807) is 0 Å². The van der Waals surface area contributed by atoms with Gasteiger partial charge in [-0.25, -0.2) is 0 Å². The van der Waals surface area contributed by atoms with Gasteiger partial charge in [0, 0.05) is 19.1 Å². The number of hydrogen-bond acceptors (Lipinski definition) is 3. The van der Waals surface area contributed by atoms with Gasteiger partial charge in [-0.2, -0.15) is 0 Å². The Morgan fingerprint density at radius 3 is 2.62 bits per heavy atom. The Kier molecular flexibility index (Phi) is 6.32. The predicted octanol–water partition coefficient (Wildman–Crippen LogP) is 1.87. The lowest BCUT2D eigenvalue weighted by Gasteiger charge is -2.26. The fraction of sp³-hybridized carbons (Fsp3) is 1.00. The predicted molar refractivity (Wildman–Crippen MR) is 68.8 cm³/mol. The van der Waals surface area contributed by atoms with Crippen molar-refractivity contribution >= 4 is 0 Å². The lowest BCUT2D eigenvalue weighted by atomic mass is 10.1. The van der Waals surface area contributed by atoms with Crippen LogP contribution >= 0.6 is 0 Å². The molecule has 1 N–H and O–H groups in total.